The van der Waals surface area contributed by atoms with E-state index in [1.54, 1.807) is 0 Å². The molecule has 0 spiro atoms. The van der Waals surface area contributed by atoms with Crippen molar-refractivity contribution < 1.29 is 9.59 Å². The van der Waals surface area contributed by atoms with E-state index in [1.807, 2.05) is 0 Å². The molecule has 1 aromatic carbocycles. The fraction of sp³-hybridized carbons (Fsp3) is 0.500. The molecule has 0 radical (unpaired) electrons. The van der Waals surface area contributed by atoms with Gasteiger partial charge in [-0.15, -0.1) is 0 Å². The van der Waals surface area contributed by atoms with Crippen LogP contribution in [0, 0.1) is 5.92 Å². The number of rotatable bonds is 1. The van der Waals surface area contributed by atoms with E-state index in [4.69, 9.17) is 0 Å². The summed E-state index contributed by atoms with van der Waals surface area (Å²) in [5.74, 6) is 0.946. The molecule has 0 N–H and O–H groups in total. The lowest BCUT2D eigenvalue weighted by Gasteiger charge is -2.33. The second kappa shape index (κ2) is 4.68. The summed E-state index contributed by atoms with van der Waals surface area (Å²) in [5.41, 5.74) is 2.80. The maximum atomic E-state index is 11.6. The zero-order chi connectivity index (χ0) is 12.5. The van der Waals surface area contributed by atoms with Gasteiger partial charge >= 0.3 is 0 Å². The van der Waals surface area contributed by atoms with Gasteiger partial charge in [-0.2, -0.15) is 0 Å². The second-order valence-corrected chi connectivity index (χ2v) is 5.62. The van der Waals surface area contributed by atoms with Gasteiger partial charge in [0, 0.05) is 12.8 Å². The molecule has 1 aromatic rings. The molecule has 0 saturated heterocycles. The van der Waals surface area contributed by atoms with Crippen molar-refractivity contribution in [2.24, 2.45) is 5.92 Å². The molecule has 0 aromatic heterocycles. The van der Waals surface area contributed by atoms with Crippen LogP contribution in [0.25, 0.3) is 0 Å². The molecule has 3 rings (SSSR count). The Balaban J connectivity index is 1.89. The van der Waals surface area contributed by atoms with Crippen LogP contribution in [0.2, 0.25) is 0 Å². The highest BCUT2D eigenvalue weighted by molar-refractivity contribution is 6.01. The molecule has 18 heavy (non-hydrogen) atoms. The fourth-order valence-corrected chi connectivity index (χ4v) is 3.59. The Labute approximate surface area is 107 Å². The number of hydrogen-bond donors (Lipinski definition) is 0. The lowest BCUT2D eigenvalue weighted by molar-refractivity contribution is -0.131. The van der Waals surface area contributed by atoms with Crippen LogP contribution < -0.4 is 0 Å². The average molecular weight is 242 g/mol. The molecule has 1 saturated carbocycles. The number of carbonyl (C=O) groups is 2. The third kappa shape index (κ3) is 2.12. The van der Waals surface area contributed by atoms with Gasteiger partial charge in [0.2, 0.25) is 0 Å². The first kappa shape index (κ1) is 11.6. The van der Waals surface area contributed by atoms with Gasteiger partial charge in [-0.1, -0.05) is 24.3 Å². The Morgan fingerprint density at radius 2 is 1.72 bits per heavy atom. The Bertz CT molecular complexity index is 474. The third-order valence-electron chi connectivity index (χ3n) is 4.36. The predicted octanol–water partition coefficient (Wildman–Crippen LogP) is 3.04. The fourth-order valence-electron chi connectivity index (χ4n) is 3.59. The zero-order valence-electron chi connectivity index (χ0n) is 10.5. The molecule has 2 heteroatoms. The molecule has 0 bridgehead atoms. The highest BCUT2D eigenvalue weighted by Crippen LogP contribution is 2.41. The van der Waals surface area contributed by atoms with Gasteiger partial charge < -0.3 is 0 Å². The normalized spacial score (nSPS) is 25.0. The predicted molar refractivity (Wildman–Crippen MR) is 69.5 cm³/mol. The SMILES string of the molecule is O=C1CC(=O)CC(C2CCCc3ccccc32)C1. The molecule has 0 heterocycles. The standard InChI is InChI=1S/C16H18O2/c17-13-8-12(9-14(18)10-13)16-7-3-5-11-4-1-2-6-15(11)16/h1-2,4,6,12,16H,3,5,7-10H2. The summed E-state index contributed by atoms with van der Waals surface area (Å²) in [7, 11) is 0. The summed E-state index contributed by atoms with van der Waals surface area (Å²) < 4.78 is 0. The van der Waals surface area contributed by atoms with Gasteiger partial charge in [0.25, 0.3) is 0 Å². The number of carbonyl (C=O) groups excluding carboxylic acids is 2. The number of benzene rings is 1. The van der Waals surface area contributed by atoms with E-state index >= 15 is 0 Å². The van der Waals surface area contributed by atoms with Crippen LogP contribution in [0.3, 0.4) is 0 Å². The number of Topliss-reactive ketones (excluding diaryl/α,β-unsaturated/α-hetero) is 2. The van der Waals surface area contributed by atoms with Crippen molar-refractivity contribution in [3.63, 3.8) is 0 Å². The molecule has 2 nitrogen and oxygen atoms in total. The molecule has 0 aliphatic heterocycles. The van der Waals surface area contributed by atoms with Crippen molar-refractivity contribution in [3.05, 3.63) is 35.4 Å². The van der Waals surface area contributed by atoms with E-state index in [1.165, 1.54) is 17.5 Å². The van der Waals surface area contributed by atoms with E-state index in [0.29, 0.717) is 18.8 Å². The van der Waals surface area contributed by atoms with E-state index in [0.717, 1.165) is 12.8 Å². The number of hydrogen-bond acceptors (Lipinski definition) is 2. The summed E-state index contributed by atoms with van der Waals surface area (Å²) in [6, 6.07) is 8.53. The van der Waals surface area contributed by atoms with Gasteiger partial charge in [-0.25, -0.2) is 0 Å². The Morgan fingerprint density at radius 3 is 2.50 bits per heavy atom. The quantitative estimate of drug-likeness (QED) is 0.709. The van der Waals surface area contributed by atoms with E-state index in [2.05, 4.69) is 24.3 Å². The van der Waals surface area contributed by atoms with Crippen molar-refractivity contribution >= 4 is 11.6 Å². The molecule has 2 aliphatic rings. The molecule has 1 fully saturated rings. The molecule has 1 unspecified atom stereocenters. The first-order chi connectivity index (χ1) is 8.74. The summed E-state index contributed by atoms with van der Waals surface area (Å²) in [6.45, 7) is 0. The van der Waals surface area contributed by atoms with E-state index in [-0.39, 0.29) is 23.9 Å². The lowest BCUT2D eigenvalue weighted by atomic mass is 9.70. The molecule has 1 atom stereocenters. The van der Waals surface area contributed by atoms with Crippen LogP contribution in [0.4, 0.5) is 0 Å². The van der Waals surface area contributed by atoms with Gasteiger partial charge in [-0.05, 0) is 42.2 Å². The van der Waals surface area contributed by atoms with Crippen molar-refractivity contribution in [1.82, 2.24) is 0 Å². The lowest BCUT2D eigenvalue weighted by Crippen LogP contribution is -2.29. The van der Waals surface area contributed by atoms with Crippen LogP contribution in [0.5, 0.6) is 0 Å². The molecule has 94 valence electrons. The largest absolute Gasteiger partial charge is 0.299 e. The number of ketones is 2. The summed E-state index contributed by atoms with van der Waals surface area (Å²) in [6.07, 6.45) is 4.82. The number of aryl methyl sites for hydroxylation is 1. The topological polar surface area (TPSA) is 34.1 Å². The number of fused-ring (bicyclic) bond motifs is 1. The van der Waals surface area contributed by atoms with Gasteiger partial charge in [0.05, 0.1) is 6.42 Å². The smallest absolute Gasteiger partial charge is 0.140 e. The maximum Gasteiger partial charge on any atom is 0.140 e. The average Bonchev–Trinajstić information content (AvgIpc) is 2.37. The summed E-state index contributed by atoms with van der Waals surface area (Å²) in [4.78, 5) is 23.2. The molecular formula is C16H18O2. The van der Waals surface area contributed by atoms with Gasteiger partial charge in [0.15, 0.2) is 0 Å². The summed E-state index contributed by atoms with van der Waals surface area (Å²) in [5, 5.41) is 0. The Hall–Kier alpha value is -1.44. The zero-order valence-corrected chi connectivity index (χ0v) is 10.5. The van der Waals surface area contributed by atoms with E-state index in [9.17, 15) is 9.59 Å². The van der Waals surface area contributed by atoms with Crippen LogP contribution in [0.15, 0.2) is 24.3 Å². The van der Waals surface area contributed by atoms with Crippen LogP contribution in [-0.2, 0) is 16.0 Å². The highest BCUT2D eigenvalue weighted by Gasteiger charge is 2.34. The second-order valence-electron chi connectivity index (χ2n) is 5.62. The van der Waals surface area contributed by atoms with E-state index < -0.39 is 0 Å². The van der Waals surface area contributed by atoms with Crippen molar-refractivity contribution in [2.45, 2.75) is 44.4 Å². The minimum Gasteiger partial charge on any atom is -0.299 e. The minimum atomic E-state index is 0.138. The maximum absolute atomic E-state index is 11.6. The van der Waals surface area contributed by atoms with Crippen LogP contribution in [0.1, 0.15) is 49.1 Å². The minimum absolute atomic E-state index is 0.138. The first-order valence-corrected chi connectivity index (χ1v) is 6.85. The molecule has 0 amide bonds. The van der Waals surface area contributed by atoms with Crippen LogP contribution in [-0.4, -0.2) is 11.6 Å². The monoisotopic (exact) mass is 242 g/mol. The highest BCUT2D eigenvalue weighted by atomic mass is 16.1. The Kier molecular flexibility index (Phi) is 3.02. The van der Waals surface area contributed by atoms with Gasteiger partial charge in [-0.3, -0.25) is 9.59 Å². The van der Waals surface area contributed by atoms with Gasteiger partial charge in [0.1, 0.15) is 11.6 Å². The summed E-state index contributed by atoms with van der Waals surface area (Å²) >= 11 is 0. The third-order valence-corrected chi connectivity index (χ3v) is 4.36. The van der Waals surface area contributed by atoms with Crippen molar-refractivity contribution in [2.75, 3.05) is 0 Å². The Morgan fingerprint density at radius 1 is 1.00 bits per heavy atom. The molecule has 2 aliphatic carbocycles. The first-order valence-electron chi connectivity index (χ1n) is 6.85. The van der Waals surface area contributed by atoms with Crippen molar-refractivity contribution in [1.29, 1.82) is 0 Å². The van der Waals surface area contributed by atoms with Crippen molar-refractivity contribution in [3.8, 4) is 0 Å². The molecular weight excluding hydrogens is 224 g/mol. The van der Waals surface area contributed by atoms with Crippen LogP contribution >= 0.6 is 0 Å².